The van der Waals surface area contributed by atoms with Crippen molar-refractivity contribution < 1.29 is 9.84 Å². The highest BCUT2D eigenvalue weighted by atomic mass is 16.5. The summed E-state index contributed by atoms with van der Waals surface area (Å²) in [6, 6.07) is 17.4. The highest BCUT2D eigenvalue weighted by molar-refractivity contribution is 5.74. The van der Waals surface area contributed by atoms with E-state index in [0.29, 0.717) is 35.0 Å². The molecule has 4 N–H and O–H groups in total. The van der Waals surface area contributed by atoms with Gasteiger partial charge in [0.05, 0.1) is 11.4 Å². The molecule has 1 fully saturated rings. The number of allylic oxidation sites excluding steroid dienone is 1. The van der Waals surface area contributed by atoms with Crippen LogP contribution >= 0.6 is 0 Å². The maximum Gasteiger partial charge on any atom is 0.169 e. The molecule has 1 unspecified atom stereocenters. The molecular formula is C32H43N5O2. The number of nitrogens with one attached hydrogen (secondary N) is 1. The van der Waals surface area contributed by atoms with Crippen LogP contribution in [0.2, 0.25) is 0 Å². The Hall–Kier alpha value is -3.58. The van der Waals surface area contributed by atoms with Gasteiger partial charge in [-0.05, 0) is 93.4 Å². The first kappa shape index (κ1) is 28.4. The number of piperidine rings is 1. The first-order valence-electron chi connectivity index (χ1n) is 14.2. The van der Waals surface area contributed by atoms with E-state index in [-0.39, 0.29) is 5.75 Å². The lowest BCUT2D eigenvalue weighted by Gasteiger charge is -2.30. The summed E-state index contributed by atoms with van der Waals surface area (Å²) < 4.78 is 5.90. The van der Waals surface area contributed by atoms with E-state index in [1.165, 1.54) is 18.4 Å². The second kappa shape index (κ2) is 14.0. The van der Waals surface area contributed by atoms with Crippen LogP contribution in [0.25, 0.3) is 11.3 Å². The summed E-state index contributed by atoms with van der Waals surface area (Å²) in [7, 11) is 0. The van der Waals surface area contributed by atoms with E-state index < -0.39 is 0 Å². The van der Waals surface area contributed by atoms with E-state index in [0.717, 1.165) is 50.5 Å². The van der Waals surface area contributed by atoms with Crippen LogP contribution in [0, 0.1) is 18.8 Å². The molecule has 2 aliphatic rings. The molecule has 0 saturated carbocycles. The zero-order valence-corrected chi connectivity index (χ0v) is 23.5. The average Bonchev–Trinajstić information content (AvgIpc) is 2.92. The fraction of sp³-hybridized carbons (Fsp3) is 0.438. The fourth-order valence-electron chi connectivity index (χ4n) is 5.26. The predicted molar refractivity (Wildman–Crippen MR) is 160 cm³/mol. The summed E-state index contributed by atoms with van der Waals surface area (Å²) >= 11 is 0. The number of hydrogen-bond acceptors (Lipinski definition) is 7. The van der Waals surface area contributed by atoms with Crippen LogP contribution in [0.3, 0.4) is 0 Å². The lowest BCUT2D eigenvalue weighted by molar-refractivity contribution is 0.162. The van der Waals surface area contributed by atoms with E-state index >= 15 is 0 Å². The van der Waals surface area contributed by atoms with Crippen molar-refractivity contribution in [1.29, 1.82) is 0 Å². The second-order valence-corrected chi connectivity index (χ2v) is 10.7. The van der Waals surface area contributed by atoms with Crippen LogP contribution in [0.4, 0.5) is 11.5 Å². The van der Waals surface area contributed by atoms with Crippen LogP contribution in [0.5, 0.6) is 11.5 Å². The smallest absolute Gasteiger partial charge is 0.169 e. The van der Waals surface area contributed by atoms with Gasteiger partial charge in [-0.3, -0.25) is 0 Å². The van der Waals surface area contributed by atoms with Gasteiger partial charge < -0.3 is 25.8 Å². The minimum absolute atomic E-state index is 0.194. The molecule has 3 aromatic rings. The average molecular weight is 530 g/mol. The molecular weight excluding hydrogens is 486 g/mol. The summed E-state index contributed by atoms with van der Waals surface area (Å²) in [6.07, 6.45) is 9.53. The van der Waals surface area contributed by atoms with Gasteiger partial charge >= 0.3 is 0 Å². The lowest BCUT2D eigenvalue weighted by Crippen LogP contribution is -2.34. The van der Waals surface area contributed by atoms with Crippen molar-refractivity contribution in [3.8, 4) is 22.8 Å². The number of nitrogens with two attached hydrogens (primary N) is 1. The number of nitrogens with zero attached hydrogens (tertiary/aromatic N) is 3. The second-order valence-electron chi connectivity index (χ2n) is 10.7. The quantitative estimate of drug-likeness (QED) is 0.350. The van der Waals surface area contributed by atoms with Crippen LogP contribution in [0.15, 0.2) is 66.7 Å². The van der Waals surface area contributed by atoms with E-state index in [4.69, 9.17) is 10.5 Å². The van der Waals surface area contributed by atoms with Gasteiger partial charge in [0.15, 0.2) is 5.82 Å². The molecule has 208 valence electrons. The first-order valence-corrected chi connectivity index (χ1v) is 14.2. The number of benzene rings is 2. The third kappa shape index (κ3) is 8.20. The Labute approximate surface area is 233 Å². The number of ether oxygens (including phenoxy) is 1. The number of aromatic nitrogens is 2. The van der Waals surface area contributed by atoms with Crippen molar-refractivity contribution in [2.75, 3.05) is 36.8 Å². The highest BCUT2D eigenvalue weighted by Crippen LogP contribution is 2.32. The topological polar surface area (TPSA) is 96.5 Å². The third-order valence-electron chi connectivity index (χ3n) is 7.40. The van der Waals surface area contributed by atoms with E-state index in [9.17, 15) is 5.11 Å². The Morgan fingerprint density at radius 2 is 1.87 bits per heavy atom. The maximum absolute atomic E-state index is 10.1. The fourth-order valence-corrected chi connectivity index (χ4v) is 5.26. The Morgan fingerprint density at radius 3 is 2.62 bits per heavy atom. The number of hydrogen-bond donors (Lipinski definition) is 3. The van der Waals surface area contributed by atoms with E-state index in [2.05, 4.69) is 65.5 Å². The maximum atomic E-state index is 10.1. The number of nitrogen functional groups attached to an aromatic ring is 1. The van der Waals surface area contributed by atoms with E-state index in [1.54, 1.807) is 12.1 Å². The molecule has 0 aliphatic carbocycles. The minimum atomic E-state index is 0.194. The monoisotopic (exact) mass is 529 g/mol. The molecule has 0 bridgehead atoms. The van der Waals surface area contributed by atoms with Crippen LogP contribution in [-0.2, 0) is 0 Å². The number of anilines is 2. The van der Waals surface area contributed by atoms with E-state index in [1.807, 2.05) is 30.3 Å². The summed E-state index contributed by atoms with van der Waals surface area (Å²) in [4.78, 5) is 2.25. The molecule has 3 heterocycles. The number of rotatable bonds is 5. The zero-order valence-electron chi connectivity index (χ0n) is 23.5. The van der Waals surface area contributed by atoms with Crippen molar-refractivity contribution in [2.24, 2.45) is 11.8 Å². The van der Waals surface area contributed by atoms with Gasteiger partial charge in [0.1, 0.15) is 17.6 Å². The first-order chi connectivity index (χ1) is 18.9. The molecule has 2 aliphatic heterocycles. The Morgan fingerprint density at radius 1 is 1.08 bits per heavy atom. The zero-order chi connectivity index (χ0) is 27.6. The van der Waals surface area contributed by atoms with Crippen molar-refractivity contribution in [2.45, 2.75) is 52.6 Å². The number of phenols is 1. The van der Waals surface area contributed by atoms with Gasteiger partial charge in [0.2, 0.25) is 0 Å². The molecule has 5 rings (SSSR count). The lowest BCUT2D eigenvalue weighted by atomic mass is 9.91. The summed E-state index contributed by atoms with van der Waals surface area (Å²) in [5.41, 5.74) is 9.56. The van der Waals surface area contributed by atoms with Crippen molar-refractivity contribution >= 4 is 11.5 Å². The summed E-state index contributed by atoms with van der Waals surface area (Å²) in [5.74, 6) is 2.85. The van der Waals surface area contributed by atoms with Crippen molar-refractivity contribution in [3.63, 3.8) is 0 Å². The number of aryl methyl sites for hydroxylation is 1. The van der Waals surface area contributed by atoms with Crippen molar-refractivity contribution in [3.05, 3.63) is 72.3 Å². The molecule has 1 saturated heterocycles. The molecule has 39 heavy (non-hydrogen) atoms. The normalized spacial score (nSPS) is 20.7. The van der Waals surface area contributed by atoms with Gasteiger partial charge in [-0.2, -0.15) is 0 Å². The van der Waals surface area contributed by atoms with Crippen molar-refractivity contribution in [1.82, 2.24) is 15.5 Å². The standard InChI is InChI=1S/C20H26N4O.C12H17NO/c1-3-15-7-6-10-24(13-14(2)11-15)18-12-17(22-23-20(18)21)16-8-4-5-9-19(16)25;1-10-3-2-4-12(9-10)14-11-5-7-13-8-6-11/h4-9,12,14-15,25H,3,10-11,13H2,1-2H3,(H2,21,23);2-4,9,11,13H,5-8H2,1H3/b7-6-;/t14-,15?;/m1./s1. The molecule has 2 atom stereocenters. The highest BCUT2D eigenvalue weighted by Gasteiger charge is 2.20. The van der Waals surface area contributed by atoms with Gasteiger partial charge in [-0.15, -0.1) is 10.2 Å². The van der Waals surface area contributed by atoms with Crippen LogP contribution < -0.4 is 20.7 Å². The minimum Gasteiger partial charge on any atom is -0.507 e. The number of para-hydroxylation sites is 1. The van der Waals surface area contributed by atoms with Gasteiger partial charge in [0, 0.05) is 18.7 Å². The number of aromatic hydroxyl groups is 1. The molecule has 0 amide bonds. The van der Waals surface area contributed by atoms with Crippen LogP contribution in [0.1, 0.15) is 45.1 Å². The third-order valence-corrected chi connectivity index (χ3v) is 7.40. The molecule has 1 aromatic heterocycles. The Bertz CT molecular complexity index is 1220. The van der Waals surface area contributed by atoms with Gasteiger partial charge in [-0.25, -0.2) is 0 Å². The SMILES string of the molecule is CCC1/C=C\CN(c2cc(-c3ccccc3O)nnc2N)C[C@H](C)C1.Cc1cccc(OC2CCNCC2)c1. The largest absolute Gasteiger partial charge is 0.507 e. The predicted octanol–water partition coefficient (Wildman–Crippen LogP) is 5.99. The molecule has 0 spiro atoms. The Kier molecular flexibility index (Phi) is 10.2. The van der Waals surface area contributed by atoms with Gasteiger partial charge in [-0.1, -0.05) is 50.3 Å². The Balaban J connectivity index is 0.000000212. The molecule has 7 heteroatoms. The summed E-state index contributed by atoms with van der Waals surface area (Å²) in [6.45, 7) is 10.5. The summed E-state index contributed by atoms with van der Waals surface area (Å²) in [5, 5.41) is 21.7. The molecule has 2 aromatic carbocycles. The van der Waals surface area contributed by atoms with Gasteiger partial charge in [0.25, 0.3) is 0 Å². The van der Waals surface area contributed by atoms with Crippen LogP contribution in [-0.4, -0.2) is 47.6 Å². The molecule has 7 nitrogen and oxygen atoms in total. The number of phenolic OH excluding ortho intramolecular Hbond substituents is 1. The molecule has 0 radical (unpaired) electrons.